The van der Waals surface area contributed by atoms with Crippen LogP contribution in [0.4, 0.5) is 0 Å². The van der Waals surface area contributed by atoms with Gasteiger partial charge in [-0.15, -0.1) is 0 Å². The van der Waals surface area contributed by atoms with Crippen LogP contribution < -0.4 is 0 Å². The smallest absolute Gasteiger partial charge is 0.0369 e. The zero-order valence-electron chi connectivity index (χ0n) is 8.13. The first-order chi connectivity index (χ1) is 6.75. The number of allylic oxidation sites excluding steroid dienone is 4. The van der Waals surface area contributed by atoms with Gasteiger partial charge in [0, 0.05) is 5.03 Å². The molecule has 0 saturated heterocycles. The van der Waals surface area contributed by atoms with Crippen LogP contribution in [-0.4, -0.2) is 0 Å². The molecule has 1 aromatic carbocycles. The standard InChI is InChI=1S/C13H12Cl/c1-10-5-7-11(8-6-10)12-3-2-4-13(14)9-12/h3-9H,2H2,1H3. The van der Waals surface area contributed by atoms with E-state index < -0.39 is 0 Å². The van der Waals surface area contributed by atoms with Crippen molar-refractivity contribution in [3.05, 3.63) is 59.0 Å². The summed E-state index contributed by atoms with van der Waals surface area (Å²) >= 11 is 5.96. The quantitative estimate of drug-likeness (QED) is 0.645. The van der Waals surface area contributed by atoms with Crippen LogP contribution in [0.1, 0.15) is 17.5 Å². The largest absolute Gasteiger partial charge is 0.0847 e. The van der Waals surface area contributed by atoms with Gasteiger partial charge < -0.3 is 0 Å². The Labute approximate surface area is 89.9 Å². The maximum absolute atomic E-state index is 5.96. The average molecular weight is 204 g/mol. The second kappa shape index (κ2) is 4.02. The molecule has 14 heavy (non-hydrogen) atoms. The lowest BCUT2D eigenvalue weighted by molar-refractivity contribution is 1.26. The highest BCUT2D eigenvalue weighted by Crippen LogP contribution is 2.27. The third-order valence-electron chi connectivity index (χ3n) is 2.33. The van der Waals surface area contributed by atoms with Crippen molar-refractivity contribution in [1.29, 1.82) is 0 Å². The Morgan fingerprint density at radius 3 is 2.50 bits per heavy atom. The highest BCUT2D eigenvalue weighted by atomic mass is 35.5. The molecule has 0 heterocycles. The summed E-state index contributed by atoms with van der Waals surface area (Å²) < 4.78 is 0. The zero-order chi connectivity index (χ0) is 9.97. The van der Waals surface area contributed by atoms with Gasteiger partial charge in [0.1, 0.15) is 0 Å². The van der Waals surface area contributed by atoms with Crippen molar-refractivity contribution in [2.75, 3.05) is 0 Å². The number of rotatable bonds is 1. The monoisotopic (exact) mass is 203 g/mol. The molecule has 1 aliphatic rings. The van der Waals surface area contributed by atoms with Crippen LogP contribution in [0.15, 0.2) is 41.4 Å². The van der Waals surface area contributed by atoms with Gasteiger partial charge in [0.05, 0.1) is 0 Å². The van der Waals surface area contributed by atoms with Crippen molar-refractivity contribution in [2.45, 2.75) is 13.3 Å². The van der Waals surface area contributed by atoms with Gasteiger partial charge in [-0.1, -0.05) is 47.5 Å². The van der Waals surface area contributed by atoms with E-state index in [1.807, 2.05) is 12.2 Å². The van der Waals surface area contributed by atoms with Crippen molar-refractivity contribution in [2.24, 2.45) is 0 Å². The third kappa shape index (κ3) is 2.08. The molecule has 0 aliphatic heterocycles. The third-order valence-corrected chi connectivity index (χ3v) is 2.59. The Hall–Kier alpha value is -1.01. The van der Waals surface area contributed by atoms with Gasteiger partial charge in [-0.2, -0.15) is 0 Å². The topological polar surface area (TPSA) is 0 Å². The van der Waals surface area contributed by atoms with Gasteiger partial charge in [0.2, 0.25) is 0 Å². The van der Waals surface area contributed by atoms with E-state index in [9.17, 15) is 0 Å². The molecule has 0 bridgehead atoms. The van der Waals surface area contributed by atoms with E-state index >= 15 is 0 Å². The number of halogens is 1. The fourth-order valence-corrected chi connectivity index (χ4v) is 1.72. The number of aryl methyl sites for hydroxylation is 1. The Morgan fingerprint density at radius 2 is 1.86 bits per heavy atom. The second-order valence-electron chi connectivity index (χ2n) is 3.49. The van der Waals surface area contributed by atoms with E-state index in [1.54, 1.807) is 0 Å². The second-order valence-corrected chi connectivity index (χ2v) is 3.93. The van der Waals surface area contributed by atoms with Crippen LogP contribution >= 0.6 is 11.6 Å². The van der Waals surface area contributed by atoms with Crippen molar-refractivity contribution in [1.82, 2.24) is 0 Å². The first-order valence-corrected chi connectivity index (χ1v) is 5.11. The van der Waals surface area contributed by atoms with Crippen LogP contribution in [0.25, 0.3) is 5.57 Å². The molecule has 2 rings (SSSR count). The molecular weight excluding hydrogens is 192 g/mol. The van der Waals surface area contributed by atoms with Crippen LogP contribution in [0.3, 0.4) is 0 Å². The van der Waals surface area contributed by atoms with Crippen molar-refractivity contribution >= 4 is 17.2 Å². The van der Waals surface area contributed by atoms with Crippen molar-refractivity contribution < 1.29 is 0 Å². The minimum Gasteiger partial charge on any atom is -0.0847 e. The lowest BCUT2D eigenvalue weighted by Gasteiger charge is -2.10. The predicted octanol–water partition coefficient (Wildman–Crippen LogP) is 4.11. The Bertz CT molecular complexity index is 382. The summed E-state index contributed by atoms with van der Waals surface area (Å²) in [6.07, 6.45) is 7.14. The molecular formula is C13H12Cl. The van der Waals surface area contributed by atoms with Crippen LogP contribution in [-0.2, 0) is 0 Å². The SMILES string of the molecule is Cc1ccc(C2=CC(Cl)=CC[CH]2)cc1. The summed E-state index contributed by atoms with van der Waals surface area (Å²) in [7, 11) is 0. The first kappa shape index (κ1) is 9.54. The van der Waals surface area contributed by atoms with E-state index in [-0.39, 0.29) is 0 Å². The number of hydrogen-bond donors (Lipinski definition) is 0. The molecule has 0 amide bonds. The average Bonchev–Trinajstić information content (AvgIpc) is 2.19. The van der Waals surface area contributed by atoms with Crippen LogP contribution in [0, 0.1) is 13.3 Å². The molecule has 1 radical (unpaired) electrons. The molecule has 0 aromatic heterocycles. The number of benzene rings is 1. The van der Waals surface area contributed by atoms with Crippen molar-refractivity contribution in [3.8, 4) is 0 Å². The maximum atomic E-state index is 5.96. The lowest BCUT2D eigenvalue weighted by Crippen LogP contribution is -1.90. The normalized spacial score (nSPS) is 16.1. The van der Waals surface area contributed by atoms with E-state index in [4.69, 9.17) is 11.6 Å². The van der Waals surface area contributed by atoms with E-state index in [1.165, 1.54) is 16.7 Å². The highest BCUT2D eigenvalue weighted by molar-refractivity contribution is 6.32. The predicted molar refractivity (Wildman–Crippen MR) is 62.0 cm³/mol. The van der Waals surface area contributed by atoms with Gasteiger partial charge in [-0.05, 0) is 37.0 Å². The highest BCUT2D eigenvalue weighted by Gasteiger charge is 2.06. The van der Waals surface area contributed by atoms with Gasteiger partial charge in [0.15, 0.2) is 0 Å². The molecule has 0 fully saturated rings. The molecule has 0 atom stereocenters. The van der Waals surface area contributed by atoms with E-state index in [0.717, 1.165) is 11.5 Å². The molecule has 0 spiro atoms. The van der Waals surface area contributed by atoms with E-state index in [2.05, 4.69) is 37.6 Å². The molecule has 0 nitrogen and oxygen atoms in total. The summed E-state index contributed by atoms with van der Waals surface area (Å²) in [6.45, 7) is 2.09. The summed E-state index contributed by atoms with van der Waals surface area (Å²) in [4.78, 5) is 0. The first-order valence-electron chi connectivity index (χ1n) is 4.73. The fourth-order valence-electron chi connectivity index (χ4n) is 1.51. The van der Waals surface area contributed by atoms with Gasteiger partial charge in [0.25, 0.3) is 0 Å². The summed E-state index contributed by atoms with van der Waals surface area (Å²) in [6, 6.07) is 8.51. The molecule has 0 saturated carbocycles. The minimum absolute atomic E-state index is 0.836. The van der Waals surface area contributed by atoms with Crippen LogP contribution in [0.2, 0.25) is 0 Å². The lowest BCUT2D eigenvalue weighted by atomic mass is 9.97. The molecule has 0 N–H and O–H groups in total. The van der Waals surface area contributed by atoms with Gasteiger partial charge >= 0.3 is 0 Å². The Balaban J connectivity index is 2.31. The van der Waals surface area contributed by atoms with Gasteiger partial charge in [-0.25, -0.2) is 0 Å². The zero-order valence-corrected chi connectivity index (χ0v) is 8.88. The van der Waals surface area contributed by atoms with Gasteiger partial charge in [-0.3, -0.25) is 0 Å². The maximum Gasteiger partial charge on any atom is 0.0369 e. The molecule has 1 heteroatoms. The number of hydrogen-bond acceptors (Lipinski definition) is 0. The van der Waals surface area contributed by atoms with Crippen molar-refractivity contribution in [3.63, 3.8) is 0 Å². The summed E-state index contributed by atoms with van der Waals surface area (Å²) in [5.41, 5.74) is 3.74. The molecule has 1 aliphatic carbocycles. The summed E-state index contributed by atoms with van der Waals surface area (Å²) in [5.74, 6) is 0. The fraction of sp³-hybridized carbons (Fsp3) is 0.154. The Morgan fingerprint density at radius 1 is 1.14 bits per heavy atom. The molecule has 1 aromatic rings. The van der Waals surface area contributed by atoms with Crippen LogP contribution in [0.5, 0.6) is 0 Å². The summed E-state index contributed by atoms with van der Waals surface area (Å²) in [5, 5.41) is 0.836. The van der Waals surface area contributed by atoms with E-state index in [0.29, 0.717) is 0 Å². The molecule has 71 valence electrons. The molecule has 0 unspecified atom stereocenters. The minimum atomic E-state index is 0.836. The Kier molecular flexibility index (Phi) is 2.74.